The molecule has 0 aromatic heterocycles. The first kappa shape index (κ1) is 13.0. The van der Waals surface area contributed by atoms with Crippen LogP contribution in [0, 0.1) is 6.92 Å². The van der Waals surface area contributed by atoms with Crippen molar-refractivity contribution in [3.63, 3.8) is 0 Å². The number of aryl methyl sites for hydroxylation is 1. The van der Waals surface area contributed by atoms with Gasteiger partial charge in [0.25, 0.3) is 0 Å². The Morgan fingerprint density at radius 2 is 1.94 bits per heavy atom. The zero-order chi connectivity index (χ0) is 12.0. The number of hydrogen-bond acceptors (Lipinski definition) is 2. The van der Waals surface area contributed by atoms with Crippen molar-refractivity contribution in [1.29, 1.82) is 0 Å². The van der Waals surface area contributed by atoms with E-state index in [1.165, 1.54) is 24.1 Å². The predicted molar refractivity (Wildman–Crippen MR) is 71.9 cm³/mol. The van der Waals surface area contributed by atoms with Gasteiger partial charge in [-0.1, -0.05) is 24.6 Å². The van der Waals surface area contributed by atoms with Crippen molar-refractivity contribution in [2.45, 2.75) is 39.2 Å². The van der Waals surface area contributed by atoms with Crippen LogP contribution in [0.1, 0.15) is 31.7 Å². The van der Waals surface area contributed by atoms with Gasteiger partial charge in [-0.2, -0.15) is 0 Å². The summed E-state index contributed by atoms with van der Waals surface area (Å²) in [6, 6.07) is 8.86. The molecule has 0 aliphatic carbocycles. The Balaban J connectivity index is 2.35. The van der Waals surface area contributed by atoms with Crippen molar-refractivity contribution in [2.24, 2.45) is 5.73 Å². The minimum atomic E-state index is 0.337. The molecule has 0 bridgehead atoms. The van der Waals surface area contributed by atoms with Crippen LogP contribution in [-0.2, 0) is 0 Å². The highest BCUT2D eigenvalue weighted by Crippen LogP contribution is 2.18. The Morgan fingerprint density at radius 3 is 2.56 bits per heavy atom. The van der Waals surface area contributed by atoms with Gasteiger partial charge in [0.1, 0.15) is 0 Å². The zero-order valence-electron chi connectivity index (χ0n) is 10.7. The van der Waals surface area contributed by atoms with Gasteiger partial charge in [0, 0.05) is 25.3 Å². The first-order valence-corrected chi connectivity index (χ1v) is 6.13. The van der Waals surface area contributed by atoms with E-state index >= 15 is 0 Å². The number of benzene rings is 1. The van der Waals surface area contributed by atoms with Gasteiger partial charge in [0.2, 0.25) is 0 Å². The van der Waals surface area contributed by atoms with E-state index in [1.54, 1.807) is 0 Å². The fourth-order valence-electron chi connectivity index (χ4n) is 1.93. The second-order valence-corrected chi connectivity index (χ2v) is 4.68. The van der Waals surface area contributed by atoms with Gasteiger partial charge >= 0.3 is 0 Å². The number of para-hydroxylation sites is 1. The maximum Gasteiger partial charge on any atom is 0.0393 e. The molecular weight excluding hydrogens is 196 g/mol. The quantitative estimate of drug-likeness (QED) is 0.747. The van der Waals surface area contributed by atoms with E-state index < -0.39 is 0 Å². The summed E-state index contributed by atoms with van der Waals surface area (Å²) in [6.45, 7) is 5.34. The number of unbranched alkanes of at least 4 members (excludes halogenated alkanes) is 1. The SMILES string of the molecule is Cc1ccccc1N(C)CCCCC(C)N. The largest absolute Gasteiger partial charge is 0.374 e. The number of anilines is 1. The Bertz CT molecular complexity index is 307. The predicted octanol–water partition coefficient (Wildman–Crippen LogP) is 2.95. The molecule has 2 heteroatoms. The van der Waals surface area contributed by atoms with Gasteiger partial charge in [-0.3, -0.25) is 0 Å². The summed E-state index contributed by atoms with van der Waals surface area (Å²) in [4.78, 5) is 2.33. The Labute approximate surface area is 99.5 Å². The maximum absolute atomic E-state index is 5.73. The minimum Gasteiger partial charge on any atom is -0.374 e. The molecule has 1 atom stereocenters. The van der Waals surface area contributed by atoms with Crippen molar-refractivity contribution in [3.05, 3.63) is 29.8 Å². The Hall–Kier alpha value is -1.02. The molecule has 1 rings (SSSR count). The van der Waals surface area contributed by atoms with Gasteiger partial charge in [-0.05, 0) is 38.3 Å². The van der Waals surface area contributed by atoms with E-state index in [1.807, 2.05) is 0 Å². The molecule has 1 aromatic rings. The number of nitrogens with two attached hydrogens (primary N) is 1. The highest BCUT2D eigenvalue weighted by atomic mass is 15.1. The van der Waals surface area contributed by atoms with Gasteiger partial charge in [-0.15, -0.1) is 0 Å². The van der Waals surface area contributed by atoms with Crippen LogP contribution in [0.4, 0.5) is 5.69 Å². The second kappa shape index (κ2) is 6.54. The van der Waals surface area contributed by atoms with Crippen LogP contribution in [0.3, 0.4) is 0 Å². The lowest BCUT2D eigenvalue weighted by molar-refractivity contribution is 0.596. The lowest BCUT2D eigenvalue weighted by Gasteiger charge is -2.21. The third kappa shape index (κ3) is 4.23. The molecule has 0 amide bonds. The molecule has 0 aliphatic heterocycles. The Kier molecular flexibility index (Phi) is 5.33. The molecule has 0 saturated heterocycles. The van der Waals surface area contributed by atoms with E-state index in [4.69, 9.17) is 5.73 Å². The standard InChI is InChI=1S/C14H24N2/c1-12-8-4-5-10-14(12)16(3)11-7-6-9-13(2)15/h4-5,8,10,13H,6-7,9,11,15H2,1-3H3. The van der Waals surface area contributed by atoms with Crippen LogP contribution >= 0.6 is 0 Å². The fourth-order valence-corrected chi connectivity index (χ4v) is 1.93. The third-order valence-electron chi connectivity index (χ3n) is 2.93. The summed E-state index contributed by atoms with van der Waals surface area (Å²) in [7, 11) is 2.16. The van der Waals surface area contributed by atoms with Crippen molar-refractivity contribution < 1.29 is 0 Å². The maximum atomic E-state index is 5.73. The molecule has 0 saturated carbocycles. The molecule has 2 nitrogen and oxygen atoms in total. The van der Waals surface area contributed by atoms with Crippen molar-refractivity contribution >= 4 is 5.69 Å². The first-order valence-electron chi connectivity index (χ1n) is 6.13. The smallest absolute Gasteiger partial charge is 0.0393 e. The van der Waals surface area contributed by atoms with Crippen molar-refractivity contribution in [3.8, 4) is 0 Å². The molecule has 0 heterocycles. The van der Waals surface area contributed by atoms with Gasteiger partial charge in [-0.25, -0.2) is 0 Å². The molecule has 0 fully saturated rings. The summed E-state index contributed by atoms with van der Waals surface area (Å²) < 4.78 is 0. The van der Waals surface area contributed by atoms with Crippen LogP contribution in [0.25, 0.3) is 0 Å². The van der Waals surface area contributed by atoms with E-state index in [9.17, 15) is 0 Å². The van der Waals surface area contributed by atoms with E-state index in [-0.39, 0.29) is 0 Å². The molecule has 16 heavy (non-hydrogen) atoms. The fraction of sp³-hybridized carbons (Fsp3) is 0.571. The molecule has 0 aliphatic rings. The normalized spacial score (nSPS) is 12.5. The van der Waals surface area contributed by atoms with E-state index in [0.29, 0.717) is 6.04 Å². The Morgan fingerprint density at radius 1 is 1.25 bits per heavy atom. The summed E-state index contributed by atoms with van der Waals surface area (Å²) >= 11 is 0. The highest BCUT2D eigenvalue weighted by molar-refractivity contribution is 5.52. The van der Waals surface area contributed by atoms with Gasteiger partial charge in [0.15, 0.2) is 0 Å². The van der Waals surface area contributed by atoms with Crippen LogP contribution < -0.4 is 10.6 Å². The molecule has 2 N–H and O–H groups in total. The lowest BCUT2D eigenvalue weighted by Crippen LogP contribution is -2.20. The van der Waals surface area contributed by atoms with Crippen molar-refractivity contribution in [2.75, 3.05) is 18.5 Å². The number of hydrogen-bond donors (Lipinski definition) is 1. The lowest BCUT2D eigenvalue weighted by atomic mass is 10.1. The second-order valence-electron chi connectivity index (χ2n) is 4.68. The topological polar surface area (TPSA) is 29.3 Å². The number of rotatable bonds is 6. The van der Waals surface area contributed by atoms with Crippen LogP contribution in [0.5, 0.6) is 0 Å². The third-order valence-corrected chi connectivity index (χ3v) is 2.93. The molecule has 90 valence electrons. The first-order chi connectivity index (χ1) is 7.61. The summed E-state index contributed by atoms with van der Waals surface area (Å²) in [5.41, 5.74) is 8.41. The van der Waals surface area contributed by atoms with Crippen LogP contribution in [-0.4, -0.2) is 19.6 Å². The summed E-state index contributed by atoms with van der Waals surface area (Å²) in [5, 5.41) is 0. The summed E-state index contributed by atoms with van der Waals surface area (Å²) in [5.74, 6) is 0. The molecule has 1 aromatic carbocycles. The van der Waals surface area contributed by atoms with Crippen LogP contribution in [0.2, 0.25) is 0 Å². The number of nitrogens with zero attached hydrogens (tertiary/aromatic N) is 1. The van der Waals surface area contributed by atoms with Crippen molar-refractivity contribution in [1.82, 2.24) is 0 Å². The molecule has 0 spiro atoms. The van der Waals surface area contributed by atoms with E-state index in [2.05, 4.69) is 50.1 Å². The van der Waals surface area contributed by atoms with Crippen LogP contribution in [0.15, 0.2) is 24.3 Å². The van der Waals surface area contributed by atoms with Gasteiger partial charge in [0.05, 0.1) is 0 Å². The molecule has 0 radical (unpaired) electrons. The average Bonchev–Trinajstić information content (AvgIpc) is 2.24. The van der Waals surface area contributed by atoms with Gasteiger partial charge < -0.3 is 10.6 Å². The minimum absolute atomic E-state index is 0.337. The van der Waals surface area contributed by atoms with E-state index in [0.717, 1.165) is 13.0 Å². The highest BCUT2D eigenvalue weighted by Gasteiger charge is 2.03. The molecular formula is C14H24N2. The summed E-state index contributed by atoms with van der Waals surface area (Å²) in [6.07, 6.45) is 3.56. The monoisotopic (exact) mass is 220 g/mol. The molecule has 1 unspecified atom stereocenters. The average molecular weight is 220 g/mol. The zero-order valence-corrected chi connectivity index (χ0v) is 10.7.